The summed E-state index contributed by atoms with van der Waals surface area (Å²) in [6, 6.07) is 123. The number of rotatable bonds is 15. The third-order valence-electron chi connectivity index (χ3n) is 22.2. The molecule has 608 valence electrons. The monoisotopic (exact) mass is 1620 g/mol. The summed E-state index contributed by atoms with van der Waals surface area (Å²) in [5, 5.41) is 7.18. The van der Waals surface area contributed by atoms with Gasteiger partial charge in [-0.2, -0.15) is 0 Å². The van der Waals surface area contributed by atoms with Crippen molar-refractivity contribution in [3.63, 3.8) is 0 Å². The van der Waals surface area contributed by atoms with E-state index in [1.165, 1.54) is 49.1 Å². The molecule has 0 fully saturated rings. The molecule has 0 aliphatic carbocycles. The second-order valence-corrected chi connectivity index (χ2v) is 32.5. The lowest BCUT2D eigenvalue weighted by Gasteiger charge is -2.11. The van der Waals surface area contributed by atoms with Crippen LogP contribution in [-0.2, 0) is 0 Å². The van der Waals surface area contributed by atoms with Gasteiger partial charge >= 0.3 is 0 Å². The Kier molecular flexibility index (Phi) is 23.0. The Hall–Kier alpha value is -15.5. The van der Waals surface area contributed by atoms with E-state index in [9.17, 15) is 0 Å². The molecule has 0 amide bonds. The third-order valence-corrected chi connectivity index (χ3v) is 22.2. The maximum absolute atomic E-state index is 4.96. The first-order valence-electron chi connectivity index (χ1n) is 42.7. The summed E-state index contributed by atoms with van der Waals surface area (Å²) in [6.07, 6.45) is 0. The Morgan fingerprint density at radius 2 is 0.448 bits per heavy atom. The molecule has 0 saturated carbocycles. The van der Waals surface area contributed by atoms with Gasteiger partial charge in [-0.15, -0.1) is 0 Å². The molecule has 14 aromatic carbocycles. The van der Waals surface area contributed by atoms with Gasteiger partial charge < -0.3 is 13.7 Å². The number of fused-ring (bicyclic) bond motifs is 9. The van der Waals surface area contributed by atoms with Crippen LogP contribution in [0.3, 0.4) is 0 Å². The van der Waals surface area contributed by atoms with Gasteiger partial charge in [0.2, 0.25) is 0 Å². The number of benzene rings is 14. The Labute approximate surface area is 727 Å². The van der Waals surface area contributed by atoms with Crippen molar-refractivity contribution in [3.8, 4) is 108 Å². The van der Waals surface area contributed by atoms with Crippen molar-refractivity contribution in [1.82, 2.24) is 73.5 Å². The van der Waals surface area contributed by atoms with Crippen LogP contribution in [-0.4, -0.2) is 73.5 Å². The second-order valence-electron chi connectivity index (χ2n) is 32.5. The fourth-order valence-corrected chi connectivity index (χ4v) is 15.8. The zero-order valence-corrected chi connectivity index (χ0v) is 71.6. The minimum atomic E-state index is 0.189. The Bertz CT molecular complexity index is 7290. The van der Waals surface area contributed by atoms with E-state index in [0.29, 0.717) is 34.9 Å². The van der Waals surface area contributed by atoms with E-state index in [0.717, 1.165) is 124 Å². The van der Waals surface area contributed by atoms with Gasteiger partial charge in [0.25, 0.3) is 0 Å². The molecule has 0 aliphatic rings. The largest absolute Gasteiger partial charge is 0.309 e. The molecule has 0 spiro atoms. The Balaban J connectivity index is 0.000000114. The number of aryl methyl sites for hydroxylation is 2. The van der Waals surface area contributed by atoms with Crippen LogP contribution < -0.4 is 0 Å². The summed E-state index contributed by atoms with van der Waals surface area (Å²) in [5.74, 6) is 9.77. The minimum absolute atomic E-state index is 0.189. The van der Waals surface area contributed by atoms with Crippen LogP contribution in [0.4, 0.5) is 0 Å². The molecule has 0 aliphatic heterocycles. The molecule has 21 aromatic rings. The van der Waals surface area contributed by atoms with Gasteiger partial charge in [0, 0.05) is 118 Å². The van der Waals surface area contributed by atoms with Crippen LogP contribution in [0.5, 0.6) is 0 Å². The second kappa shape index (κ2) is 35.7. The molecule has 21 rings (SSSR count). The molecule has 0 bridgehead atoms. The quantitative estimate of drug-likeness (QED) is 0.0953. The summed E-state index contributed by atoms with van der Waals surface area (Å²) in [6.45, 7) is 21.1. The van der Waals surface area contributed by atoms with E-state index in [2.05, 4.69) is 342 Å². The highest BCUT2D eigenvalue weighted by molar-refractivity contribution is 6.16. The van der Waals surface area contributed by atoms with Gasteiger partial charge in [-0.1, -0.05) is 340 Å². The summed E-state index contributed by atoms with van der Waals surface area (Å²) in [4.78, 5) is 57.7. The van der Waals surface area contributed by atoms with E-state index in [-0.39, 0.29) is 23.7 Å². The zero-order valence-electron chi connectivity index (χ0n) is 71.6. The van der Waals surface area contributed by atoms with Crippen molar-refractivity contribution in [1.29, 1.82) is 0 Å². The molecular weight excluding hydrogens is 1530 g/mol. The van der Waals surface area contributed by atoms with Crippen LogP contribution in [0.1, 0.15) is 113 Å². The van der Waals surface area contributed by atoms with Crippen LogP contribution in [0.2, 0.25) is 0 Å². The lowest BCUT2D eigenvalue weighted by Crippen LogP contribution is -2.04. The first-order valence-corrected chi connectivity index (χ1v) is 42.7. The van der Waals surface area contributed by atoms with Crippen LogP contribution in [0, 0.1) is 13.8 Å². The molecule has 7 heterocycles. The smallest absolute Gasteiger partial charge is 0.164 e. The van der Waals surface area contributed by atoms with Gasteiger partial charge in [-0.05, 0) is 98.8 Å². The van der Waals surface area contributed by atoms with Crippen molar-refractivity contribution in [2.24, 2.45) is 0 Å². The highest BCUT2D eigenvalue weighted by Crippen LogP contribution is 2.41. The van der Waals surface area contributed by atoms with E-state index >= 15 is 0 Å². The summed E-state index contributed by atoms with van der Waals surface area (Å²) < 4.78 is 6.95. The predicted octanol–water partition coefficient (Wildman–Crippen LogP) is 27.2. The summed E-state index contributed by atoms with van der Waals surface area (Å²) in [7, 11) is 0. The highest BCUT2D eigenvalue weighted by atomic mass is 15.1. The normalized spacial score (nSPS) is 11.4. The molecule has 0 N–H and O–H groups in total. The van der Waals surface area contributed by atoms with Crippen molar-refractivity contribution < 1.29 is 0 Å². The molecule has 15 nitrogen and oxygen atoms in total. The maximum atomic E-state index is 4.96. The molecule has 125 heavy (non-hydrogen) atoms. The Morgan fingerprint density at radius 3 is 0.848 bits per heavy atom. The van der Waals surface area contributed by atoms with E-state index in [1.807, 2.05) is 109 Å². The third kappa shape index (κ3) is 17.0. The first kappa shape index (κ1) is 80.6. The molecule has 0 saturated heterocycles. The molecular formula is C110H93N15. The SMILES string of the molecule is CC(C)c1nc(-c2ccccc2)nc(-c2ccc3c(c2)c2ccccc2n3-c2ccccc2)n1.CC(C)c1nc(-c2ccccc2)nc(-c2ccc3c4ccccc4n(-c4ccccc4)c3c2)n1.CC(C)c1nc(-c2ccccc2)nc(-c2cccc3c2c2ccccc2n3-c2ccccc2)n1.Cc1ccc(-c2nc(-c3ccc(C)cc3)nc(C(C)C)n2)cc1. The van der Waals surface area contributed by atoms with Crippen LogP contribution >= 0.6 is 0 Å². The van der Waals surface area contributed by atoms with Gasteiger partial charge in [-0.25, -0.2) is 59.8 Å². The predicted molar refractivity (Wildman–Crippen MR) is 512 cm³/mol. The van der Waals surface area contributed by atoms with Gasteiger partial charge in [0.1, 0.15) is 23.3 Å². The number of aromatic nitrogens is 15. The number of hydrogen-bond acceptors (Lipinski definition) is 12. The van der Waals surface area contributed by atoms with Crippen molar-refractivity contribution in [2.75, 3.05) is 0 Å². The lowest BCUT2D eigenvalue weighted by molar-refractivity contribution is 0.766. The average Bonchev–Trinajstić information content (AvgIpc) is 1.55. The summed E-state index contributed by atoms with van der Waals surface area (Å²) in [5.41, 5.74) is 20.9. The number of para-hydroxylation sites is 6. The first-order chi connectivity index (χ1) is 61.1. The molecule has 0 unspecified atom stereocenters. The maximum Gasteiger partial charge on any atom is 0.164 e. The molecule has 0 radical (unpaired) electrons. The Morgan fingerprint density at radius 1 is 0.184 bits per heavy atom. The fourth-order valence-electron chi connectivity index (χ4n) is 15.8. The van der Waals surface area contributed by atoms with Gasteiger partial charge in [0.15, 0.2) is 46.6 Å². The van der Waals surface area contributed by atoms with E-state index in [4.69, 9.17) is 49.8 Å². The van der Waals surface area contributed by atoms with Crippen molar-refractivity contribution in [2.45, 2.75) is 92.9 Å². The average molecular weight is 1630 g/mol. The zero-order chi connectivity index (χ0) is 85.6. The van der Waals surface area contributed by atoms with E-state index < -0.39 is 0 Å². The lowest BCUT2D eigenvalue weighted by atomic mass is 10.1. The van der Waals surface area contributed by atoms with Gasteiger partial charge in [-0.3, -0.25) is 0 Å². The number of nitrogens with zero attached hydrogens (tertiary/aromatic N) is 15. The van der Waals surface area contributed by atoms with Gasteiger partial charge in [0.05, 0.1) is 33.1 Å². The highest BCUT2D eigenvalue weighted by Gasteiger charge is 2.24. The van der Waals surface area contributed by atoms with Crippen LogP contribution in [0.25, 0.3) is 174 Å². The van der Waals surface area contributed by atoms with Crippen molar-refractivity contribution >= 4 is 65.4 Å². The molecule has 7 aromatic heterocycles. The van der Waals surface area contributed by atoms with Crippen molar-refractivity contribution in [3.05, 3.63) is 392 Å². The van der Waals surface area contributed by atoms with Crippen LogP contribution in [0.15, 0.2) is 358 Å². The number of hydrogen-bond donors (Lipinski definition) is 0. The fraction of sp³-hybridized carbons (Fsp3) is 0.127. The topological polar surface area (TPSA) is 169 Å². The summed E-state index contributed by atoms with van der Waals surface area (Å²) >= 11 is 0. The van der Waals surface area contributed by atoms with E-state index in [1.54, 1.807) is 0 Å². The molecule has 0 atom stereocenters. The molecule has 15 heteroatoms. The minimum Gasteiger partial charge on any atom is -0.309 e. The standard InChI is InChI=1S/3C30H24N4.C20H21N3/c1-20(2)28-31-29(21-12-5-3-6-13-21)33-30(32-28)24-17-11-19-26-27(24)23-16-9-10-18-25(23)34(26)22-14-7-4-8-15-22;1-20(2)28-31-29(21-11-5-3-6-12-21)33-30(32-28)22-17-18-27-25(19-22)24-15-9-10-16-26(24)34(27)23-13-7-4-8-14-23;1-20(2)28-31-29(21-11-5-3-6-12-21)33-30(32-28)22-17-18-25-24-15-9-10-16-26(24)34(27(25)19-22)23-13-7-4-8-14-23;1-13(2)18-21-19(16-9-5-14(3)6-10-16)23-20(22-18)17-11-7-15(4)8-12-17/h3*3-20H,1-2H3;5-13H,1-4H3.